The van der Waals surface area contributed by atoms with E-state index in [0.717, 1.165) is 37.1 Å². The van der Waals surface area contributed by atoms with Crippen LogP contribution in [0.1, 0.15) is 30.5 Å². The molecule has 1 aliphatic carbocycles. The first-order chi connectivity index (χ1) is 14.6. The Kier molecular flexibility index (Phi) is 5.40. The van der Waals surface area contributed by atoms with Gasteiger partial charge in [0.2, 0.25) is 11.9 Å². The van der Waals surface area contributed by atoms with Crippen molar-refractivity contribution >= 4 is 29.0 Å². The molecule has 2 unspecified atom stereocenters. The second kappa shape index (κ2) is 7.90. The number of nitrogens with zero attached hydrogens (tertiary/aromatic N) is 4. The Labute approximate surface area is 178 Å². The van der Waals surface area contributed by atoms with Gasteiger partial charge in [0.25, 0.3) is 0 Å². The van der Waals surface area contributed by atoms with Crippen LogP contribution in [-0.2, 0) is 11.0 Å². The summed E-state index contributed by atoms with van der Waals surface area (Å²) in [5.41, 5.74) is 1.45. The topological polar surface area (TPSA) is 73.4 Å². The van der Waals surface area contributed by atoms with Crippen molar-refractivity contribution in [3.05, 3.63) is 35.5 Å². The second-order valence-electron chi connectivity index (χ2n) is 8.20. The third kappa shape index (κ3) is 4.38. The van der Waals surface area contributed by atoms with Crippen LogP contribution in [0.4, 0.5) is 36.3 Å². The number of fused-ring (bicyclic) bond motifs is 1. The van der Waals surface area contributed by atoms with Crippen molar-refractivity contribution in [1.29, 1.82) is 0 Å². The van der Waals surface area contributed by atoms with Gasteiger partial charge in [-0.2, -0.15) is 18.2 Å². The molecule has 0 radical (unpaired) electrons. The zero-order chi connectivity index (χ0) is 22.3. The van der Waals surface area contributed by atoms with Crippen LogP contribution in [0, 0.1) is 6.92 Å². The van der Waals surface area contributed by atoms with Crippen LogP contribution >= 0.6 is 0 Å². The predicted molar refractivity (Wildman–Crippen MR) is 114 cm³/mol. The number of amides is 1. The van der Waals surface area contributed by atoms with E-state index in [1.54, 1.807) is 4.90 Å². The van der Waals surface area contributed by atoms with Gasteiger partial charge in [-0.25, -0.2) is 4.98 Å². The van der Waals surface area contributed by atoms with Gasteiger partial charge in [-0.3, -0.25) is 4.79 Å². The van der Waals surface area contributed by atoms with Gasteiger partial charge in [0.1, 0.15) is 5.69 Å². The number of alkyl halides is 3. The summed E-state index contributed by atoms with van der Waals surface area (Å²) in [6.07, 6.45) is -1.69. The molecule has 31 heavy (non-hydrogen) atoms. The van der Waals surface area contributed by atoms with Crippen LogP contribution in [0.2, 0.25) is 0 Å². The molecule has 2 atom stereocenters. The summed E-state index contributed by atoms with van der Waals surface area (Å²) in [4.78, 5) is 24.7. The molecule has 1 aromatic carbocycles. The molecule has 1 aliphatic heterocycles. The number of halogens is 3. The minimum Gasteiger partial charge on any atom is -0.372 e. The number of likely N-dealkylation sites (N-methyl/N-ethyl adjacent to an activating group) is 1. The molecular weight excluding hydrogens is 409 g/mol. The van der Waals surface area contributed by atoms with Crippen molar-refractivity contribution in [1.82, 2.24) is 9.97 Å². The zero-order valence-corrected chi connectivity index (χ0v) is 17.6. The zero-order valence-electron chi connectivity index (χ0n) is 17.6. The highest BCUT2D eigenvalue weighted by Crippen LogP contribution is 2.34. The molecule has 1 saturated carbocycles. The number of aromatic nitrogens is 2. The Morgan fingerprint density at radius 2 is 1.90 bits per heavy atom. The summed E-state index contributed by atoms with van der Waals surface area (Å²) in [5.74, 6) is 1.11. The van der Waals surface area contributed by atoms with Crippen molar-refractivity contribution in [2.45, 2.75) is 44.4 Å². The number of carbonyl (C=O) groups is 1. The lowest BCUT2D eigenvalue weighted by molar-refractivity contribution is -0.137. The maximum Gasteiger partial charge on any atom is 0.416 e. The number of carbonyl (C=O) groups excluding carboxylic acids is 1. The van der Waals surface area contributed by atoms with Gasteiger partial charge in [0.05, 0.1) is 17.8 Å². The average Bonchev–Trinajstić information content (AvgIpc) is 3.16. The molecule has 10 heteroatoms. The highest BCUT2D eigenvalue weighted by atomic mass is 19.4. The molecule has 2 N–H and O–H groups in total. The number of aryl methyl sites for hydroxylation is 1. The first-order valence-electron chi connectivity index (χ1n) is 10.2. The van der Waals surface area contributed by atoms with Crippen molar-refractivity contribution in [3.63, 3.8) is 0 Å². The number of hydrogen-bond acceptors (Lipinski definition) is 6. The number of nitrogens with one attached hydrogen (secondary N) is 2. The molecule has 1 fully saturated rings. The van der Waals surface area contributed by atoms with Crippen LogP contribution in [0.5, 0.6) is 0 Å². The molecule has 0 saturated heterocycles. The van der Waals surface area contributed by atoms with Crippen LogP contribution in [0.15, 0.2) is 24.3 Å². The fraction of sp³-hybridized carbons (Fsp3) is 0.476. The third-order valence-electron chi connectivity index (χ3n) is 5.97. The van der Waals surface area contributed by atoms with Gasteiger partial charge < -0.3 is 20.4 Å². The second-order valence-corrected chi connectivity index (χ2v) is 8.20. The average molecular weight is 434 g/mol. The minimum atomic E-state index is -4.33. The fourth-order valence-electron chi connectivity index (χ4n) is 4.23. The number of rotatable bonds is 4. The molecule has 1 aromatic heterocycles. The highest BCUT2D eigenvalue weighted by Gasteiger charge is 2.32. The van der Waals surface area contributed by atoms with Crippen molar-refractivity contribution in [2.24, 2.45) is 0 Å². The summed E-state index contributed by atoms with van der Waals surface area (Å²) in [6, 6.07) is 5.64. The molecule has 1 amide bonds. The standard InChI is InChI=1S/C21H25F3N6O/c1-12-18-19(29(2)11-17(31)27-18)28-20(25-12)26-14-6-9-16(10-14)30(3)15-7-4-13(5-8-15)21(22,23)24/h4-5,7-8,14,16H,6,9-11H2,1-3H3,(H,27,31)(H,25,26,28). The van der Waals surface area contributed by atoms with E-state index in [2.05, 4.69) is 20.6 Å². The van der Waals surface area contributed by atoms with Gasteiger partial charge in [-0.05, 0) is 50.5 Å². The van der Waals surface area contributed by atoms with E-state index in [9.17, 15) is 18.0 Å². The molecule has 2 heterocycles. The monoisotopic (exact) mass is 434 g/mol. The van der Waals surface area contributed by atoms with Crippen LogP contribution in [0.3, 0.4) is 0 Å². The van der Waals surface area contributed by atoms with Gasteiger partial charge in [-0.15, -0.1) is 0 Å². The van der Waals surface area contributed by atoms with Crippen molar-refractivity contribution in [2.75, 3.05) is 41.1 Å². The van der Waals surface area contributed by atoms with E-state index < -0.39 is 11.7 Å². The first-order valence-corrected chi connectivity index (χ1v) is 10.2. The maximum absolute atomic E-state index is 12.8. The lowest BCUT2D eigenvalue weighted by Crippen LogP contribution is -2.37. The molecule has 0 bridgehead atoms. The lowest BCUT2D eigenvalue weighted by Gasteiger charge is -2.28. The third-order valence-corrected chi connectivity index (χ3v) is 5.97. The summed E-state index contributed by atoms with van der Waals surface area (Å²) in [5, 5.41) is 6.21. The van der Waals surface area contributed by atoms with Gasteiger partial charge in [-0.1, -0.05) is 0 Å². The highest BCUT2D eigenvalue weighted by molar-refractivity contribution is 6.00. The van der Waals surface area contributed by atoms with Crippen molar-refractivity contribution < 1.29 is 18.0 Å². The molecule has 4 rings (SSSR count). The molecule has 166 valence electrons. The SMILES string of the molecule is Cc1nc(NC2CCC(N(C)c3ccc(C(F)(F)F)cc3)C2)nc2c1NC(=O)CN2C. The van der Waals surface area contributed by atoms with Crippen LogP contribution < -0.4 is 20.4 Å². The van der Waals surface area contributed by atoms with E-state index >= 15 is 0 Å². The molecule has 2 aliphatic rings. The van der Waals surface area contributed by atoms with Crippen molar-refractivity contribution in [3.8, 4) is 0 Å². The van der Waals surface area contributed by atoms with Crippen LogP contribution in [0.25, 0.3) is 0 Å². The molecule has 0 spiro atoms. The Bertz CT molecular complexity index is 978. The summed E-state index contributed by atoms with van der Waals surface area (Å²) >= 11 is 0. The Morgan fingerprint density at radius 3 is 2.58 bits per heavy atom. The smallest absolute Gasteiger partial charge is 0.372 e. The largest absolute Gasteiger partial charge is 0.416 e. The predicted octanol–water partition coefficient (Wildman–Crippen LogP) is 3.66. The Morgan fingerprint density at radius 1 is 1.19 bits per heavy atom. The van der Waals surface area contributed by atoms with Gasteiger partial charge in [0.15, 0.2) is 5.82 Å². The summed E-state index contributed by atoms with van der Waals surface area (Å²) < 4.78 is 38.4. The van der Waals surface area contributed by atoms with E-state index in [1.807, 2.05) is 25.9 Å². The summed E-state index contributed by atoms with van der Waals surface area (Å²) in [7, 11) is 3.73. The molecular formula is C21H25F3N6O. The lowest BCUT2D eigenvalue weighted by atomic mass is 10.1. The minimum absolute atomic E-state index is 0.0904. The van der Waals surface area contributed by atoms with E-state index in [4.69, 9.17) is 0 Å². The quantitative estimate of drug-likeness (QED) is 0.765. The van der Waals surface area contributed by atoms with E-state index in [0.29, 0.717) is 23.1 Å². The first kappa shape index (κ1) is 21.2. The normalized spacial score (nSPS) is 21.0. The number of benzene rings is 1. The Hall–Kier alpha value is -3.04. The van der Waals surface area contributed by atoms with E-state index in [-0.39, 0.29) is 24.5 Å². The Balaban J connectivity index is 1.42. The fourth-order valence-corrected chi connectivity index (χ4v) is 4.23. The van der Waals surface area contributed by atoms with Gasteiger partial charge >= 0.3 is 6.18 Å². The maximum atomic E-state index is 12.8. The number of anilines is 4. The molecule has 7 nitrogen and oxygen atoms in total. The van der Waals surface area contributed by atoms with Gasteiger partial charge in [0, 0.05) is 31.9 Å². The summed E-state index contributed by atoms with van der Waals surface area (Å²) in [6.45, 7) is 2.08. The van der Waals surface area contributed by atoms with Crippen LogP contribution in [-0.4, -0.2) is 48.6 Å². The number of hydrogen-bond donors (Lipinski definition) is 2. The molecule has 2 aromatic rings. The van der Waals surface area contributed by atoms with E-state index in [1.165, 1.54) is 12.1 Å².